The maximum absolute atomic E-state index is 13.0. The summed E-state index contributed by atoms with van der Waals surface area (Å²) in [6, 6.07) is 4.66. The largest absolute Gasteiger partial charge is 0.329 e. The lowest BCUT2D eigenvalue weighted by Gasteiger charge is -2.07. The molecule has 0 saturated heterocycles. The van der Waals surface area contributed by atoms with Gasteiger partial charge in [-0.05, 0) is 17.7 Å². The highest BCUT2D eigenvalue weighted by molar-refractivity contribution is 6.30. The van der Waals surface area contributed by atoms with Gasteiger partial charge < -0.3 is 10.3 Å². The number of rotatable bonds is 3. The summed E-state index contributed by atoms with van der Waals surface area (Å²) in [6.45, 7) is 1.02. The van der Waals surface area contributed by atoms with Gasteiger partial charge in [0.1, 0.15) is 5.82 Å². The Bertz CT molecular complexity index is 496. The zero-order chi connectivity index (χ0) is 11.5. The van der Waals surface area contributed by atoms with Crippen molar-refractivity contribution in [1.29, 1.82) is 0 Å². The second kappa shape index (κ2) is 4.63. The van der Waals surface area contributed by atoms with Crippen molar-refractivity contribution in [3.63, 3.8) is 0 Å². The molecule has 0 fully saturated rings. The zero-order valence-electron chi connectivity index (χ0n) is 8.53. The van der Waals surface area contributed by atoms with Crippen LogP contribution in [0.3, 0.4) is 0 Å². The zero-order valence-corrected chi connectivity index (χ0v) is 9.28. The Balaban J connectivity index is 2.24. The van der Waals surface area contributed by atoms with Crippen molar-refractivity contribution in [2.24, 2.45) is 5.73 Å². The van der Waals surface area contributed by atoms with Crippen molar-refractivity contribution < 1.29 is 4.39 Å². The van der Waals surface area contributed by atoms with Gasteiger partial charge in [-0.2, -0.15) is 0 Å². The molecule has 16 heavy (non-hydrogen) atoms. The summed E-state index contributed by atoms with van der Waals surface area (Å²) in [5, 5.41) is 0.131. The van der Waals surface area contributed by atoms with Gasteiger partial charge in [-0.1, -0.05) is 17.7 Å². The first-order chi connectivity index (χ1) is 7.70. The number of nitrogens with two attached hydrogens (primary N) is 1. The minimum Gasteiger partial charge on any atom is -0.329 e. The molecule has 1 aromatic heterocycles. The highest BCUT2D eigenvalue weighted by Gasteiger charge is 2.04. The second-order valence-corrected chi connectivity index (χ2v) is 3.87. The minimum absolute atomic E-state index is 0.131. The van der Waals surface area contributed by atoms with E-state index in [0.29, 0.717) is 13.1 Å². The van der Waals surface area contributed by atoms with Gasteiger partial charge in [0.2, 0.25) is 0 Å². The average molecular weight is 240 g/mol. The summed E-state index contributed by atoms with van der Waals surface area (Å²) in [5.41, 5.74) is 7.40. The van der Waals surface area contributed by atoms with Crippen LogP contribution in [0.2, 0.25) is 5.02 Å². The van der Waals surface area contributed by atoms with Crippen LogP contribution in [0.5, 0.6) is 0 Å². The van der Waals surface area contributed by atoms with E-state index in [0.717, 1.165) is 11.3 Å². The first kappa shape index (κ1) is 11.1. The quantitative estimate of drug-likeness (QED) is 0.892. The van der Waals surface area contributed by atoms with Crippen LogP contribution in [0.15, 0.2) is 30.7 Å². The fourth-order valence-electron chi connectivity index (χ4n) is 1.50. The van der Waals surface area contributed by atoms with Gasteiger partial charge in [0.25, 0.3) is 0 Å². The second-order valence-electron chi connectivity index (χ2n) is 3.47. The molecule has 1 aromatic carbocycles. The minimum atomic E-state index is -0.407. The maximum Gasteiger partial charge on any atom is 0.141 e. The number of benzene rings is 1. The van der Waals surface area contributed by atoms with Crippen molar-refractivity contribution >= 4 is 11.6 Å². The molecule has 2 rings (SSSR count). The maximum atomic E-state index is 13.0. The van der Waals surface area contributed by atoms with Crippen molar-refractivity contribution in [2.45, 2.75) is 13.1 Å². The molecule has 0 saturated carbocycles. The molecule has 5 heteroatoms. The number of nitrogens with zero attached hydrogens (tertiary/aromatic N) is 2. The Morgan fingerprint density at radius 1 is 1.44 bits per heavy atom. The Hall–Kier alpha value is -1.39. The van der Waals surface area contributed by atoms with Gasteiger partial charge in [-0.3, -0.25) is 0 Å². The lowest BCUT2D eigenvalue weighted by Crippen LogP contribution is -2.07. The summed E-state index contributed by atoms with van der Waals surface area (Å²) in [6.07, 6.45) is 3.41. The van der Waals surface area contributed by atoms with Crippen LogP contribution in [0, 0.1) is 5.82 Å². The molecule has 0 radical (unpaired) electrons. The van der Waals surface area contributed by atoms with Gasteiger partial charge >= 0.3 is 0 Å². The Morgan fingerprint density at radius 2 is 2.25 bits per heavy atom. The lowest BCUT2D eigenvalue weighted by atomic mass is 10.2. The van der Waals surface area contributed by atoms with E-state index in [4.69, 9.17) is 17.3 Å². The molecule has 0 bridgehead atoms. The lowest BCUT2D eigenvalue weighted by molar-refractivity contribution is 0.626. The Morgan fingerprint density at radius 3 is 2.94 bits per heavy atom. The van der Waals surface area contributed by atoms with Crippen molar-refractivity contribution in [3.05, 3.63) is 52.8 Å². The summed E-state index contributed by atoms with van der Waals surface area (Å²) in [5.74, 6) is -0.407. The molecule has 0 aliphatic heterocycles. The normalized spacial score (nSPS) is 10.7. The van der Waals surface area contributed by atoms with E-state index in [1.165, 1.54) is 6.07 Å². The van der Waals surface area contributed by atoms with Crippen molar-refractivity contribution in [3.8, 4) is 0 Å². The van der Waals surface area contributed by atoms with E-state index in [1.807, 2.05) is 4.57 Å². The predicted molar refractivity (Wildman–Crippen MR) is 60.6 cm³/mol. The first-order valence-electron chi connectivity index (χ1n) is 4.83. The summed E-state index contributed by atoms with van der Waals surface area (Å²) < 4.78 is 14.9. The molecule has 0 unspecified atom stereocenters. The third-order valence-corrected chi connectivity index (χ3v) is 2.63. The van der Waals surface area contributed by atoms with E-state index in [9.17, 15) is 4.39 Å². The molecule has 0 spiro atoms. The van der Waals surface area contributed by atoms with Gasteiger partial charge in [0.05, 0.1) is 17.0 Å². The number of halogens is 2. The first-order valence-corrected chi connectivity index (χ1v) is 5.21. The molecule has 3 nitrogen and oxygen atoms in total. The SMILES string of the molecule is NCc1cncn1Cc1ccc(F)c(Cl)c1. The third-order valence-electron chi connectivity index (χ3n) is 2.34. The number of hydrogen-bond acceptors (Lipinski definition) is 2. The summed E-state index contributed by atoms with van der Waals surface area (Å²) in [7, 11) is 0. The number of aromatic nitrogens is 2. The fraction of sp³-hybridized carbons (Fsp3) is 0.182. The fourth-order valence-corrected chi connectivity index (χ4v) is 1.70. The number of imidazole rings is 1. The predicted octanol–water partition coefficient (Wildman–Crippen LogP) is 2.18. The highest BCUT2D eigenvalue weighted by Crippen LogP contribution is 2.17. The third kappa shape index (κ3) is 2.23. The molecule has 2 aromatic rings. The Labute approximate surface area is 97.7 Å². The standard InChI is InChI=1S/C11H11ClFN3/c12-10-3-8(1-2-11(10)13)6-16-7-15-5-9(16)4-14/h1-3,5,7H,4,6,14H2. The summed E-state index contributed by atoms with van der Waals surface area (Å²) in [4.78, 5) is 4.01. The van der Waals surface area contributed by atoms with Crippen LogP contribution in [0.1, 0.15) is 11.3 Å². The molecule has 0 aliphatic rings. The van der Waals surface area contributed by atoms with E-state index in [1.54, 1.807) is 24.7 Å². The van der Waals surface area contributed by atoms with Gasteiger partial charge in [-0.25, -0.2) is 9.37 Å². The molecule has 0 atom stereocenters. The van der Waals surface area contributed by atoms with E-state index >= 15 is 0 Å². The van der Waals surface area contributed by atoms with Crippen LogP contribution in [-0.2, 0) is 13.1 Å². The average Bonchev–Trinajstić information content (AvgIpc) is 2.71. The smallest absolute Gasteiger partial charge is 0.141 e. The van der Waals surface area contributed by atoms with Crippen LogP contribution in [0.4, 0.5) is 4.39 Å². The van der Waals surface area contributed by atoms with Crippen LogP contribution >= 0.6 is 11.6 Å². The molecular formula is C11H11ClFN3. The van der Waals surface area contributed by atoms with Gasteiger partial charge in [0.15, 0.2) is 0 Å². The van der Waals surface area contributed by atoms with Crippen LogP contribution < -0.4 is 5.73 Å². The van der Waals surface area contributed by atoms with E-state index in [-0.39, 0.29) is 5.02 Å². The van der Waals surface area contributed by atoms with Crippen molar-refractivity contribution in [2.75, 3.05) is 0 Å². The molecule has 1 heterocycles. The van der Waals surface area contributed by atoms with Crippen LogP contribution in [0.25, 0.3) is 0 Å². The van der Waals surface area contributed by atoms with Crippen LogP contribution in [-0.4, -0.2) is 9.55 Å². The van der Waals surface area contributed by atoms with Gasteiger partial charge in [-0.15, -0.1) is 0 Å². The molecular weight excluding hydrogens is 229 g/mol. The van der Waals surface area contributed by atoms with Crippen molar-refractivity contribution in [1.82, 2.24) is 9.55 Å². The number of hydrogen-bond donors (Lipinski definition) is 1. The molecule has 84 valence electrons. The monoisotopic (exact) mass is 239 g/mol. The highest BCUT2D eigenvalue weighted by atomic mass is 35.5. The molecule has 0 aliphatic carbocycles. The Kier molecular flexibility index (Phi) is 3.22. The molecule has 2 N–H and O–H groups in total. The topological polar surface area (TPSA) is 43.8 Å². The molecule has 0 amide bonds. The van der Waals surface area contributed by atoms with E-state index < -0.39 is 5.82 Å². The van der Waals surface area contributed by atoms with Gasteiger partial charge in [0, 0.05) is 19.3 Å². The summed E-state index contributed by atoms with van der Waals surface area (Å²) >= 11 is 5.70. The van der Waals surface area contributed by atoms with E-state index in [2.05, 4.69) is 4.98 Å².